The summed E-state index contributed by atoms with van der Waals surface area (Å²) in [6.45, 7) is 3.34. The van der Waals surface area contributed by atoms with Crippen molar-refractivity contribution in [3.63, 3.8) is 0 Å². The summed E-state index contributed by atoms with van der Waals surface area (Å²) in [6.07, 6.45) is 12.5. The second-order valence-electron chi connectivity index (χ2n) is 6.74. The summed E-state index contributed by atoms with van der Waals surface area (Å²) in [5.74, 6) is 0.899. The van der Waals surface area contributed by atoms with Crippen molar-refractivity contribution in [2.45, 2.75) is 63.6 Å². The summed E-state index contributed by atoms with van der Waals surface area (Å²) in [5, 5.41) is 4.35. The quantitative estimate of drug-likeness (QED) is 0.919. The molecule has 3 atom stereocenters. The van der Waals surface area contributed by atoms with Crippen LogP contribution in [-0.2, 0) is 7.05 Å². The summed E-state index contributed by atoms with van der Waals surface area (Å²) in [5.41, 5.74) is 7.62. The molecule has 2 N–H and O–H groups in total. The molecule has 0 radical (unpaired) electrons. The number of hydrogen-bond acceptors (Lipinski definition) is 3. The number of aryl methyl sites for hydroxylation is 1. The van der Waals surface area contributed by atoms with Crippen molar-refractivity contribution in [3.8, 4) is 0 Å². The van der Waals surface area contributed by atoms with Crippen LogP contribution in [-0.4, -0.2) is 33.3 Å². The fraction of sp³-hybridized carbons (Fsp3) is 0.812. The van der Waals surface area contributed by atoms with E-state index < -0.39 is 0 Å². The third kappa shape index (κ3) is 2.63. The van der Waals surface area contributed by atoms with Gasteiger partial charge in [0.15, 0.2) is 0 Å². The highest BCUT2D eigenvalue weighted by atomic mass is 15.3. The first-order valence-electron chi connectivity index (χ1n) is 8.16. The zero-order chi connectivity index (χ0) is 14.1. The van der Waals surface area contributed by atoms with Crippen LogP contribution < -0.4 is 5.73 Å². The van der Waals surface area contributed by atoms with Gasteiger partial charge in [0.25, 0.3) is 0 Å². The molecule has 1 saturated heterocycles. The summed E-state index contributed by atoms with van der Waals surface area (Å²) >= 11 is 0. The monoisotopic (exact) mass is 276 g/mol. The van der Waals surface area contributed by atoms with Gasteiger partial charge in [-0.05, 0) is 45.1 Å². The molecule has 2 heterocycles. The molecule has 1 aliphatic heterocycles. The van der Waals surface area contributed by atoms with E-state index in [4.69, 9.17) is 5.73 Å². The molecule has 1 aliphatic carbocycles. The molecule has 1 saturated carbocycles. The van der Waals surface area contributed by atoms with Crippen LogP contribution in [0, 0.1) is 5.92 Å². The Balaban J connectivity index is 1.82. The lowest BCUT2D eigenvalue weighted by Gasteiger charge is -2.37. The molecule has 0 amide bonds. The molecule has 1 aromatic heterocycles. The average Bonchev–Trinajstić information content (AvgIpc) is 3.10. The van der Waals surface area contributed by atoms with Crippen molar-refractivity contribution in [3.05, 3.63) is 18.0 Å². The van der Waals surface area contributed by atoms with E-state index in [-0.39, 0.29) is 6.04 Å². The molecule has 0 bridgehead atoms. The first kappa shape index (κ1) is 14.1. The smallest absolute Gasteiger partial charge is 0.0538 e. The van der Waals surface area contributed by atoms with E-state index in [2.05, 4.69) is 23.1 Å². The second-order valence-corrected chi connectivity index (χ2v) is 6.74. The van der Waals surface area contributed by atoms with Gasteiger partial charge in [-0.2, -0.15) is 5.10 Å². The SMILES string of the molecule is CC(N)C(c1cnn(C)c1)N1CCCC1C1CCCC1. The molecular weight excluding hydrogens is 248 g/mol. The first-order chi connectivity index (χ1) is 9.66. The first-order valence-corrected chi connectivity index (χ1v) is 8.16. The third-order valence-electron chi connectivity index (χ3n) is 5.21. The Bertz CT molecular complexity index is 433. The molecule has 1 aromatic rings. The van der Waals surface area contributed by atoms with Gasteiger partial charge in [0.1, 0.15) is 0 Å². The molecule has 2 aliphatic rings. The Kier molecular flexibility index (Phi) is 4.13. The van der Waals surface area contributed by atoms with Crippen molar-refractivity contribution in [1.82, 2.24) is 14.7 Å². The number of hydrogen-bond donors (Lipinski definition) is 1. The Morgan fingerprint density at radius 3 is 2.60 bits per heavy atom. The molecule has 4 nitrogen and oxygen atoms in total. The van der Waals surface area contributed by atoms with Crippen LogP contribution in [0.3, 0.4) is 0 Å². The van der Waals surface area contributed by atoms with Crippen molar-refractivity contribution in [2.24, 2.45) is 18.7 Å². The van der Waals surface area contributed by atoms with Gasteiger partial charge in [-0.1, -0.05) is 12.8 Å². The zero-order valence-corrected chi connectivity index (χ0v) is 12.8. The van der Waals surface area contributed by atoms with E-state index in [0.717, 1.165) is 12.0 Å². The highest BCUT2D eigenvalue weighted by molar-refractivity contribution is 5.14. The largest absolute Gasteiger partial charge is 0.326 e. The van der Waals surface area contributed by atoms with E-state index in [1.54, 1.807) is 0 Å². The Morgan fingerprint density at radius 2 is 2.00 bits per heavy atom. The number of nitrogens with two attached hydrogens (primary N) is 1. The van der Waals surface area contributed by atoms with Gasteiger partial charge in [0.05, 0.1) is 12.2 Å². The van der Waals surface area contributed by atoms with Crippen LogP contribution >= 0.6 is 0 Å². The van der Waals surface area contributed by atoms with Gasteiger partial charge in [0.2, 0.25) is 0 Å². The van der Waals surface area contributed by atoms with Crippen molar-refractivity contribution in [1.29, 1.82) is 0 Å². The third-order valence-corrected chi connectivity index (χ3v) is 5.21. The molecule has 3 rings (SSSR count). The van der Waals surface area contributed by atoms with E-state index in [0.29, 0.717) is 6.04 Å². The lowest BCUT2D eigenvalue weighted by atomic mass is 9.93. The molecule has 112 valence electrons. The maximum absolute atomic E-state index is 6.34. The predicted molar refractivity (Wildman–Crippen MR) is 81.3 cm³/mol. The van der Waals surface area contributed by atoms with E-state index in [9.17, 15) is 0 Å². The van der Waals surface area contributed by atoms with E-state index in [1.807, 2.05) is 17.9 Å². The molecule has 3 unspecified atom stereocenters. The lowest BCUT2D eigenvalue weighted by molar-refractivity contribution is 0.120. The van der Waals surface area contributed by atoms with E-state index >= 15 is 0 Å². The number of rotatable bonds is 4. The van der Waals surface area contributed by atoms with Crippen LogP contribution in [0.15, 0.2) is 12.4 Å². The molecule has 2 fully saturated rings. The summed E-state index contributed by atoms with van der Waals surface area (Å²) in [6, 6.07) is 1.23. The molecule has 0 spiro atoms. The minimum atomic E-state index is 0.154. The number of likely N-dealkylation sites (tertiary alicyclic amines) is 1. The fourth-order valence-corrected chi connectivity index (χ4v) is 4.40. The topological polar surface area (TPSA) is 47.1 Å². The Hall–Kier alpha value is -0.870. The maximum Gasteiger partial charge on any atom is 0.0538 e. The Labute approximate surface area is 122 Å². The minimum Gasteiger partial charge on any atom is -0.326 e. The van der Waals surface area contributed by atoms with Crippen LogP contribution in [0.1, 0.15) is 57.1 Å². The van der Waals surface area contributed by atoms with Crippen LogP contribution in [0.2, 0.25) is 0 Å². The zero-order valence-electron chi connectivity index (χ0n) is 12.8. The van der Waals surface area contributed by atoms with Crippen LogP contribution in [0.4, 0.5) is 0 Å². The maximum atomic E-state index is 6.34. The highest BCUT2D eigenvalue weighted by Crippen LogP contribution is 2.40. The predicted octanol–water partition coefficient (Wildman–Crippen LogP) is 2.46. The van der Waals surface area contributed by atoms with Gasteiger partial charge < -0.3 is 5.73 Å². The van der Waals surface area contributed by atoms with Crippen molar-refractivity contribution >= 4 is 0 Å². The molecule has 4 heteroatoms. The average molecular weight is 276 g/mol. The number of nitrogens with zero attached hydrogens (tertiary/aromatic N) is 3. The van der Waals surface area contributed by atoms with Crippen LogP contribution in [0.5, 0.6) is 0 Å². The van der Waals surface area contributed by atoms with Crippen LogP contribution in [0.25, 0.3) is 0 Å². The van der Waals surface area contributed by atoms with Crippen molar-refractivity contribution < 1.29 is 0 Å². The minimum absolute atomic E-state index is 0.154. The van der Waals surface area contributed by atoms with Gasteiger partial charge in [0, 0.05) is 30.9 Å². The fourth-order valence-electron chi connectivity index (χ4n) is 4.40. The van der Waals surface area contributed by atoms with Gasteiger partial charge in [-0.25, -0.2) is 0 Å². The highest BCUT2D eigenvalue weighted by Gasteiger charge is 2.38. The summed E-state index contributed by atoms with van der Waals surface area (Å²) in [4.78, 5) is 2.69. The Morgan fingerprint density at radius 1 is 1.25 bits per heavy atom. The number of aromatic nitrogens is 2. The van der Waals surface area contributed by atoms with Gasteiger partial charge in [-0.3, -0.25) is 9.58 Å². The summed E-state index contributed by atoms with van der Waals surface area (Å²) in [7, 11) is 1.99. The molecule has 0 aromatic carbocycles. The van der Waals surface area contributed by atoms with Gasteiger partial charge in [-0.15, -0.1) is 0 Å². The van der Waals surface area contributed by atoms with Gasteiger partial charge >= 0.3 is 0 Å². The molecule has 20 heavy (non-hydrogen) atoms. The normalized spacial score (nSPS) is 28.1. The lowest BCUT2D eigenvalue weighted by Crippen LogP contribution is -2.44. The second kappa shape index (κ2) is 5.86. The van der Waals surface area contributed by atoms with Crippen molar-refractivity contribution in [2.75, 3.05) is 6.54 Å². The summed E-state index contributed by atoms with van der Waals surface area (Å²) < 4.78 is 1.89. The molecular formula is C16H28N4. The standard InChI is InChI=1S/C16H28N4/c1-12(17)16(14-10-18-19(2)11-14)20-9-5-8-15(20)13-6-3-4-7-13/h10-13,15-16H,3-9,17H2,1-2H3. The van der Waals surface area contributed by atoms with E-state index in [1.165, 1.54) is 50.6 Å².